The molecule has 1 aromatic carbocycles. The first kappa shape index (κ1) is 10.5. The summed E-state index contributed by atoms with van der Waals surface area (Å²) < 4.78 is 0. The average molecular weight is 228 g/mol. The lowest BCUT2D eigenvalue weighted by Gasteiger charge is -2.25. The van der Waals surface area contributed by atoms with Crippen LogP contribution in [0.3, 0.4) is 0 Å². The second-order valence-corrected chi connectivity index (χ2v) is 5.12. The summed E-state index contributed by atoms with van der Waals surface area (Å²) in [4.78, 5) is 11.8. The van der Waals surface area contributed by atoms with Crippen LogP contribution in [-0.4, -0.2) is 12.1 Å². The van der Waals surface area contributed by atoms with Crippen LogP contribution in [0.2, 0.25) is 0 Å². The molecule has 0 saturated heterocycles. The van der Waals surface area contributed by atoms with Gasteiger partial charge in [-0.3, -0.25) is 4.79 Å². The molecule has 3 nitrogen and oxygen atoms in total. The van der Waals surface area contributed by atoms with Gasteiger partial charge in [0.15, 0.2) is 0 Å². The molecule has 3 rings (SSSR count). The fraction of sp³-hybridized carbons (Fsp3) is 0.429. The zero-order valence-corrected chi connectivity index (χ0v) is 9.73. The SMILES string of the molecule is O=C(N/N=C/c1ccccc1)C1CC12CCC2. The number of nitrogens with zero attached hydrogens (tertiary/aromatic N) is 1. The zero-order chi connectivity index (χ0) is 11.7. The third kappa shape index (κ3) is 1.97. The molecule has 0 heterocycles. The molecule has 0 aliphatic heterocycles. The van der Waals surface area contributed by atoms with Gasteiger partial charge in [0.2, 0.25) is 5.91 Å². The van der Waals surface area contributed by atoms with E-state index in [1.807, 2.05) is 30.3 Å². The number of benzene rings is 1. The number of rotatable bonds is 3. The van der Waals surface area contributed by atoms with Crippen molar-refractivity contribution in [2.75, 3.05) is 0 Å². The summed E-state index contributed by atoms with van der Waals surface area (Å²) in [6, 6.07) is 9.78. The Labute approximate surface area is 101 Å². The highest BCUT2D eigenvalue weighted by atomic mass is 16.2. The predicted molar refractivity (Wildman–Crippen MR) is 66.6 cm³/mol. The normalized spacial score (nSPS) is 24.6. The lowest BCUT2D eigenvalue weighted by molar-refractivity contribution is -0.123. The molecule has 17 heavy (non-hydrogen) atoms. The first-order chi connectivity index (χ1) is 8.30. The maximum atomic E-state index is 11.8. The number of hydrogen-bond acceptors (Lipinski definition) is 2. The lowest BCUT2D eigenvalue weighted by atomic mass is 9.80. The molecular formula is C14H16N2O. The van der Waals surface area contributed by atoms with Crippen molar-refractivity contribution in [2.45, 2.75) is 25.7 Å². The van der Waals surface area contributed by atoms with E-state index in [0.29, 0.717) is 5.41 Å². The van der Waals surface area contributed by atoms with E-state index in [9.17, 15) is 4.79 Å². The van der Waals surface area contributed by atoms with Gasteiger partial charge in [0, 0.05) is 5.92 Å². The highest BCUT2D eigenvalue weighted by molar-refractivity contribution is 5.85. The maximum Gasteiger partial charge on any atom is 0.243 e. The van der Waals surface area contributed by atoms with Gasteiger partial charge in [-0.2, -0.15) is 5.10 Å². The van der Waals surface area contributed by atoms with Crippen molar-refractivity contribution >= 4 is 12.1 Å². The Morgan fingerprint density at radius 3 is 2.71 bits per heavy atom. The molecule has 2 fully saturated rings. The largest absolute Gasteiger partial charge is 0.273 e. The van der Waals surface area contributed by atoms with Gasteiger partial charge in [0.05, 0.1) is 6.21 Å². The van der Waals surface area contributed by atoms with Crippen molar-refractivity contribution in [1.82, 2.24) is 5.43 Å². The summed E-state index contributed by atoms with van der Waals surface area (Å²) in [7, 11) is 0. The number of carbonyl (C=O) groups excluding carboxylic acids is 1. The molecule has 88 valence electrons. The number of amides is 1. The lowest BCUT2D eigenvalue weighted by Crippen LogP contribution is -2.26. The van der Waals surface area contributed by atoms with Crippen LogP contribution in [0.25, 0.3) is 0 Å². The van der Waals surface area contributed by atoms with Gasteiger partial charge < -0.3 is 0 Å². The highest BCUT2D eigenvalue weighted by Gasteiger charge is 2.60. The van der Waals surface area contributed by atoms with Crippen LogP contribution < -0.4 is 5.43 Å². The summed E-state index contributed by atoms with van der Waals surface area (Å²) in [5.74, 6) is 0.320. The van der Waals surface area contributed by atoms with Gasteiger partial charge in [-0.1, -0.05) is 36.8 Å². The molecule has 3 heteroatoms. The Morgan fingerprint density at radius 2 is 2.12 bits per heavy atom. The van der Waals surface area contributed by atoms with E-state index in [-0.39, 0.29) is 11.8 Å². The quantitative estimate of drug-likeness (QED) is 0.626. The predicted octanol–water partition coefficient (Wildman–Crippen LogP) is 2.33. The second-order valence-electron chi connectivity index (χ2n) is 5.12. The van der Waals surface area contributed by atoms with Crippen molar-refractivity contribution in [2.24, 2.45) is 16.4 Å². The van der Waals surface area contributed by atoms with Gasteiger partial charge in [0.25, 0.3) is 0 Å². The monoisotopic (exact) mass is 228 g/mol. The summed E-state index contributed by atoms with van der Waals surface area (Å²) in [5, 5.41) is 4.00. The summed E-state index contributed by atoms with van der Waals surface area (Å²) in [5.41, 5.74) is 4.03. The molecule has 0 bridgehead atoms. The van der Waals surface area contributed by atoms with E-state index in [2.05, 4.69) is 10.5 Å². The Balaban J connectivity index is 1.52. The molecule has 1 unspecified atom stereocenters. The molecule has 1 atom stereocenters. The molecule has 1 spiro atoms. The second kappa shape index (κ2) is 3.99. The Kier molecular flexibility index (Phi) is 2.46. The molecule has 0 aromatic heterocycles. The molecule has 1 N–H and O–H groups in total. The third-order valence-electron chi connectivity index (χ3n) is 4.04. The summed E-state index contributed by atoms with van der Waals surface area (Å²) in [6.07, 6.45) is 6.51. The van der Waals surface area contributed by atoms with Crippen LogP contribution in [-0.2, 0) is 4.79 Å². The molecular weight excluding hydrogens is 212 g/mol. The molecule has 2 aliphatic carbocycles. The zero-order valence-electron chi connectivity index (χ0n) is 9.73. The first-order valence-corrected chi connectivity index (χ1v) is 6.18. The Morgan fingerprint density at radius 1 is 1.35 bits per heavy atom. The number of carbonyl (C=O) groups is 1. The van der Waals surface area contributed by atoms with Crippen LogP contribution in [0.4, 0.5) is 0 Å². The van der Waals surface area contributed by atoms with E-state index < -0.39 is 0 Å². The van der Waals surface area contributed by atoms with Gasteiger partial charge >= 0.3 is 0 Å². The van der Waals surface area contributed by atoms with E-state index in [4.69, 9.17) is 0 Å². The fourth-order valence-corrected chi connectivity index (χ4v) is 2.69. The van der Waals surface area contributed by atoms with E-state index >= 15 is 0 Å². The smallest absolute Gasteiger partial charge is 0.243 e. The van der Waals surface area contributed by atoms with E-state index in [1.54, 1.807) is 6.21 Å². The minimum atomic E-state index is 0.0943. The Bertz CT molecular complexity index is 449. The van der Waals surface area contributed by atoms with Crippen molar-refractivity contribution < 1.29 is 4.79 Å². The van der Waals surface area contributed by atoms with Crippen LogP contribution >= 0.6 is 0 Å². The molecule has 1 aromatic rings. The molecule has 2 saturated carbocycles. The summed E-state index contributed by atoms with van der Waals surface area (Å²) >= 11 is 0. The van der Waals surface area contributed by atoms with Crippen molar-refractivity contribution in [3.05, 3.63) is 35.9 Å². The number of hydrogen-bond donors (Lipinski definition) is 1. The van der Waals surface area contributed by atoms with E-state index in [0.717, 1.165) is 12.0 Å². The Hall–Kier alpha value is -1.64. The van der Waals surface area contributed by atoms with Crippen LogP contribution in [0.15, 0.2) is 35.4 Å². The van der Waals surface area contributed by atoms with Crippen molar-refractivity contribution in [3.8, 4) is 0 Å². The minimum absolute atomic E-state index is 0.0943. The standard InChI is InChI=1S/C14H16N2O/c17-13(12-9-14(12)7-4-8-14)16-15-10-11-5-2-1-3-6-11/h1-3,5-6,10,12H,4,7-9H2,(H,16,17)/b15-10+. The third-order valence-corrected chi connectivity index (χ3v) is 4.04. The number of hydrazone groups is 1. The van der Waals surface area contributed by atoms with Gasteiger partial charge in [-0.15, -0.1) is 0 Å². The fourth-order valence-electron chi connectivity index (χ4n) is 2.69. The molecule has 2 aliphatic rings. The molecule has 0 radical (unpaired) electrons. The van der Waals surface area contributed by atoms with Crippen LogP contribution in [0.1, 0.15) is 31.2 Å². The van der Waals surface area contributed by atoms with Crippen LogP contribution in [0, 0.1) is 11.3 Å². The summed E-state index contributed by atoms with van der Waals surface area (Å²) in [6.45, 7) is 0. The average Bonchev–Trinajstić information content (AvgIpc) is 3.05. The van der Waals surface area contributed by atoms with Gasteiger partial charge in [0.1, 0.15) is 0 Å². The highest BCUT2D eigenvalue weighted by Crippen LogP contribution is 2.65. The topological polar surface area (TPSA) is 41.5 Å². The van der Waals surface area contributed by atoms with Crippen molar-refractivity contribution in [1.29, 1.82) is 0 Å². The van der Waals surface area contributed by atoms with E-state index in [1.165, 1.54) is 19.3 Å². The van der Waals surface area contributed by atoms with Crippen molar-refractivity contribution in [3.63, 3.8) is 0 Å². The van der Waals surface area contributed by atoms with Gasteiger partial charge in [-0.05, 0) is 30.2 Å². The van der Waals surface area contributed by atoms with Gasteiger partial charge in [-0.25, -0.2) is 5.43 Å². The number of nitrogens with one attached hydrogen (secondary N) is 1. The van der Waals surface area contributed by atoms with Crippen LogP contribution in [0.5, 0.6) is 0 Å². The first-order valence-electron chi connectivity index (χ1n) is 6.18. The molecule has 1 amide bonds. The maximum absolute atomic E-state index is 11.8. The minimum Gasteiger partial charge on any atom is -0.273 e.